The molecular weight excluding hydrogens is 216 g/mol. The summed E-state index contributed by atoms with van der Waals surface area (Å²) in [7, 11) is 0.00579. The van der Waals surface area contributed by atoms with Crippen LogP contribution in [0.2, 0.25) is 19.1 Å². The second-order valence-corrected chi connectivity index (χ2v) is 8.30. The van der Waals surface area contributed by atoms with Gasteiger partial charge in [-0.25, -0.2) is 0 Å². The molecule has 0 aromatic heterocycles. The summed E-state index contributed by atoms with van der Waals surface area (Å²) < 4.78 is 0. The van der Waals surface area contributed by atoms with E-state index in [9.17, 15) is 0 Å². The molecule has 15 heavy (non-hydrogen) atoms. The Morgan fingerprint density at radius 3 is 2.47 bits per heavy atom. The Labute approximate surface area is 100 Å². The number of rotatable bonds is 7. The zero-order chi connectivity index (χ0) is 10.9. The molecule has 0 aliphatic carbocycles. The molecule has 0 fully saturated rings. The molecule has 0 unspecified atom stereocenters. The number of aryl methyl sites for hydroxylation is 1. The molecule has 0 N–H and O–H groups in total. The highest BCUT2D eigenvalue weighted by Gasteiger charge is 1.96. The maximum Gasteiger partial charge on any atom is 0.0421 e. The molecule has 0 saturated carbocycles. The van der Waals surface area contributed by atoms with Crippen molar-refractivity contribution in [3.05, 3.63) is 35.9 Å². The first kappa shape index (κ1) is 12.9. The Morgan fingerprint density at radius 2 is 1.80 bits per heavy atom. The minimum atomic E-state index is 0.00579. The zero-order valence-corrected chi connectivity index (χ0v) is 11.6. The van der Waals surface area contributed by atoms with Gasteiger partial charge < -0.3 is 0 Å². The SMILES string of the molecule is C[Si](C)CCSCCCc1ccccc1. The number of benzene rings is 1. The Balaban J connectivity index is 1.98. The molecule has 0 atom stereocenters. The zero-order valence-electron chi connectivity index (χ0n) is 9.83. The molecule has 0 heterocycles. The highest BCUT2D eigenvalue weighted by Crippen LogP contribution is 2.10. The van der Waals surface area contributed by atoms with Crippen LogP contribution in [0, 0.1) is 0 Å². The molecular formula is C13H21SSi. The molecule has 0 aliphatic rings. The number of hydrogen-bond acceptors (Lipinski definition) is 1. The Hall–Kier alpha value is -0.213. The second-order valence-electron chi connectivity index (χ2n) is 4.16. The lowest BCUT2D eigenvalue weighted by Gasteiger charge is -2.03. The molecule has 0 amide bonds. The van der Waals surface area contributed by atoms with Crippen LogP contribution in [0.1, 0.15) is 12.0 Å². The third kappa shape index (κ3) is 6.80. The first-order valence-electron chi connectivity index (χ1n) is 5.70. The van der Waals surface area contributed by atoms with Crippen LogP contribution in [0.15, 0.2) is 30.3 Å². The number of hydrogen-bond donors (Lipinski definition) is 0. The van der Waals surface area contributed by atoms with E-state index in [2.05, 4.69) is 55.2 Å². The van der Waals surface area contributed by atoms with E-state index < -0.39 is 0 Å². The average Bonchev–Trinajstić information content (AvgIpc) is 2.24. The van der Waals surface area contributed by atoms with Gasteiger partial charge in [-0.05, 0) is 29.9 Å². The van der Waals surface area contributed by atoms with Gasteiger partial charge in [0.1, 0.15) is 0 Å². The van der Waals surface area contributed by atoms with E-state index in [1.807, 2.05) is 0 Å². The molecule has 2 heteroatoms. The minimum Gasteiger partial charge on any atom is -0.162 e. The van der Waals surface area contributed by atoms with Crippen LogP contribution in [0.4, 0.5) is 0 Å². The molecule has 0 bridgehead atoms. The fourth-order valence-electron chi connectivity index (χ4n) is 1.40. The summed E-state index contributed by atoms with van der Waals surface area (Å²) >= 11 is 2.13. The summed E-state index contributed by atoms with van der Waals surface area (Å²) in [6.07, 6.45) is 2.56. The largest absolute Gasteiger partial charge is 0.162 e. The van der Waals surface area contributed by atoms with Crippen molar-refractivity contribution in [3.63, 3.8) is 0 Å². The van der Waals surface area contributed by atoms with Gasteiger partial charge in [-0.3, -0.25) is 0 Å². The molecule has 1 aromatic rings. The monoisotopic (exact) mass is 237 g/mol. The highest BCUT2D eigenvalue weighted by molar-refractivity contribution is 7.99. The molecule has 0 nitrogen and oxygen atoms in total. The van der Waals surface area contributed by atoms with Crippen molar-refractivity contribution in [1.82, 2.24) is 0 Å². The molecule has 1 aromatic carbocycles. The predicted molar refractivity (Wildman–Crippen MR) is 74.4 cm³/mol. The van der Waals surface area contributed by atoms with Crippen LogP contribution in [-0.2, 0) is 6.42 Å². The standard InChI is InChI=1S/C13H21SSi/c1-15(2)12-11-14-10-6-9-13-7-4-3-5-8-13/h3-5,7-8H,6,9-12H2,1-2H3. The van der Waals surface area contributed by atoms with Gasteiger partial charge in [-0.15, -0.1) is 0 Å². The van der Waals surface area contributed by atoms with Crippen molar-refractivity contribution in [2.24, 2.45) is 0 Å². The summed E-state index contributed by atoms with van der Waals surface area (Å²) in [4.78, 5) is 0. The Morgan fingerprint density at radius 1 is 1.07 bits per heavy atom. The minimum absolute atomic E-state index is 0.00579. The van der Waals surface area contributed by atoms with Crippen LogP contribution in [0.5, 0.6) is 0 Å². The normalized spacial score (nSPS) is 10.9. The van der Waals surface area contributed by atoms with E-state index in [1.165, 1.54) is 36.0 Å². The smallest absolute Gasteiger partial charge is 0.0421 e. The van der Waals surface area contributed by atoms with Crippen LogP contribution in [0.25, 0.3) is 0 Å². The lowest BCUT2D eigenvalue weighted by atomic mass is 10.1. The molecule has 0 aliphatic heterocycles. The van der Waals surface area contributed by atoms with Gasteiger partial charge in [0.25, 0.3) is 0 Å². The molecule has 0 spiro atoms. The van der Waals surface area contributed by atoms with E-state index in [-0.39, 0.29) is 8.80 Å². The quantitative estimate of drug-likeness (QED) is 0.508. The van der Waals surface area contributed by atoms with Crippen molar-refractivity contribution < 1.29 is 0 Å². The van der Waals surface area contributed by atoms with Crippen LogP contribution in [0.3, 0.4) is 0 Å². The van der Waals surface area contributed by atoms with Crippen LogP contribution in [-0.4, -0.2) is 20.3 Å². The van der Waals surface area contributed by atoms with Crippen molar-refractivity contribution in [2.75, 3.05) is 11.5 Å². The topological polar surface area (TPSA) is 0 Å². The lowest BCUT2D eigenvalue weighted by molar-refractivity contribution is 0.933. The van der Waals surface area contributed by atoms with Crippen molar-refractivity contribution in [1.29, 1.82) is 0 Å². The summed E-state index contributed by atoms with van der Waals surface area (Å²) in [6.45, 7) is 4.80. The maximum atomic E-state index is 2.40. The maximum absolute atomic E-state index is 2.40. The lowest BCUT2D eigenvalue weighted by Crippen LogP contribution is -2.00. The van der Waals surface area contributed by atoms with Crippen LogP contribution < -0.4 is 0 Å². The van der Waals surface area contributed by atoms with Gasteiger partial charge >= 0.3 is 0 Å². The first-order chi connectivity index (χ1) is 7.29. The molecule has 0 saturated heterocycles. The van der Waals surface area contributed by atoms with Crippen molar-refractivity contribution >= 4 is 20.6 Å². The summed E-state index contributed by atoms with van der Waals surface area (Å²) in [5, 5.41) is 0. The van der Waals surface area contributed by atoms with Gasteiger partial charge in [-0.2, -0.15) is 11.8 Å². The highest BCUT2D eigenvalue weighted by atomic mass is 32.2. The summed E-state index contributed by atoms with van der Waals surface area (Å²) in [5.74, 6) is 2.69. The van der Waals surface area contributed by atoms with Crippen molar-refractivity contribution in [3.8, 4) is 0 Å². The van der Waals surface area contributed by atoms with E-state index in [4.69, 9.17) is 0 Å². The van der Waals surface area contributed by atoms with E-state index >= 15 is 0 Å². The van der Waals surface area contributed by atoms with Gasteiger partial charge in [0.2, 0.25) is 0 Å². The third-order valence-corrected chi connectivity index (χ3v) is 5.03. The third-order valence-electron chi connectivity index (χ3n) is 2.34. The van der Waals surface area contributed by atoms with Crippen molar-refractivity contribution in [2.45, 2.75) is 32.0 Å². The van der Waals surface area contributed by atoms with E-state index in [0.29, 0.717) is 0 Å². The Bertz CT molecular complexity index is 246. The van der Waals surface area contributed by atoms with E-state index in [1.54, 1.807) is 0 Å². The molecule has 1 radical (unpaired) electrons. The molecule has 83 valence electrons. The van der Waals surface area contributed by atoms with E-state index in [0.717, 1.165) is 0 Å². The van der Waals surface area contributed by atoms with Gasteiger partial charge in [0, 0.05) is 8.80 Å². The average molecular weight is 237 g/mol. The van der Waals surface area contributed by atoms with Gasteiger partial charge in [-0.1, -0.05) is 49.5 Å². The first-order valence-corrected chi connectivity index (χ1v) is 9.56. The molecule has 1 rings (SSSR count). The predicted octanol–water partition coefficient (Wildman–Crippen LogP) is 4.11. The fraction of sp³-hybridized carbons (Fsp3) is 0.538. The van der Waals surface area contributed by atoms with Crippen LogP contribution >= 0.6 is 11.8 Å². The second kappa shape index (κ2) is 8.00. The van der Waals surface area contributed by atoms with Gasteiger partial charge in [0.15, 0.2) is 0 Å². The van der Waals surface area contributed by atoms with Gasteiger partial charge in [0.05, 0.1) is 0 Å². The Kier molecular flexibility index (Phi) is 6.86. The summed E-state index contributed by atoms with van der Waals surface area (Å²) in [6, 6.07) is 12.3. The summed E-state index contributed by atoms with van der Waals surface area (Å²) in [5.41, 5.74) is 1.48. The number of thioether (sulfide) groups is 1. The fourth-order valence-corrected chi connectivity index (χ4v) is 4.16.